The summed E-state index contributed by atoms with van der Waals surface area (Å²) in [4.78, 5) is 12.0. The number of nitrogens with one attached hydrogen (secondary N) is 2. The molecule has 0 atom stereocenters. The Morgan fingerprint density at radius 1 is 1.22 bits per heavy atom. The highest BCUT2D eigenvalue weighted by Gasteiger charge is 2.09. The Labute approximate surface area is 139 Å². The van der Waals surface area contributed by atoms with Crippen LogP contribution in [0.1, 0.15) is 11.1 Å². The molecule has 2 N–H and O–H groups in total. The number of hydrogen-bond acceptors (Lipinski definition) is 3. The zero-order valence-corrected chi connectivity index (χ0v) is 13.9. The number of carbonyl (C=O) groups is 1. The van der Waals surface area contributed by atoms with E-state index in [1.165, 1.54) is 13.2 Å². The molecule has 23 heavy (non-hydrogen) atoms. The van der Waals surface area contributed by atoms with Crippen LogP contribution in [-0.2, 0) is 4.79 Å². The van der Waals surface area contributed by atoms with Crippen molar-refractivity contribution in [1.82, 2.24) is 0 Å². The van der Waals surface area contributed by atoms with Gasteiger partial charge in [-0.3, -0.25) is 4.79 Å². The van der Waals surface area contributed by atoms with Crippen molar-refractivity contribution in [1.29, 1.82) is 0 Å². The van der Waals surface area contributed by atoms with Crippen molar-refractivity contribution >= 4 is 28.9 Å². The zero-order chi connectivity index (χ0) is 17.0. The Kier molecular flexibility index (Phi) is 5.45. The SMILES string of the molecule is COc1cc(Cl)c(C)cc1NCC(=O)Nc1ccc(C)c(F)c1. The molecule has 2 aromatic carbocycles. The number of anilines is 2. The van der Waals surface area contributed by atoms with Gasteiger partial charge >= 0.3 is 0 Å². The first kappa shape index (κ1) is 17.1. The highest BCUT2D eigenvalue weighted by Crippen LogP contribution is 2.30. The highest BCUT2D eigenvalue weighted by atomic mass is 35.5. The highest BCUT2D eigenvalue weighted by molar-refractivity contribution is 6.31. The molecule has 0 aliphatic carbocycles. The van der Waals surface area contributed by atoms with Crippen LogP contribution in [0.25, 0.3) is 0 Å². The van der Waals surface area contributed by atoms with Gasteiger partial charge in [-0.15, -0.1) is 0 Å². The minimum Gasteiger partial charge on any atom is -0.495 e. The Balaban J connectivity index is 2.01. The Morgan fingerprint density at radius 2 is 1.96 bits per heavy atom. The van der Waals surface area contributed by atoms with Crippen LogP contribution in [0.3, 0.4) is 0 Å². The molecule has 0 radical (unpaired) electrons. The van der Waals surface area contributed by atoms with Gasteiger partial charge in [0.25, 0.3) is 0 Å². The second kappa shape index (κ2) is 7.33. The first-order valence-electron chi connectivity index (χ1n) is 7.04. The van der Waals surface area contributed by atoms with E-state index in [9.17, 15) is 9.18 Å². The molecule has 0 heterocycles. The largest absolute Gasteiger partial charge is 0.495 e. The van der Waals surface area contributed by atoms with E-state index in [1.807, 2.05) is 6.92 Å². The van der Waals surface area contributed by atoms with Gasteiger partial charge < -0.3 is 15.4 Å². The van der Waals surface area contributed by atoms with Gasteiger partial charge in [0.1, 0.15) is 11.6 Å². The molecule has 2 rings (SSSR count). The monoisotopic (exact) mass is 336 g/mol. The summed E-state index contributed by atoms with van der Waals surface area (Å²) in [6, 6.07) is 8.06. The number of ether oxygens (including phenoxy) is 1. The minimum atomic E-state index is -0.356. The number of rotatable bonds is 5. The molecule has 0 bridgehead atoms. The molecule has 4 nitrogen and oxygen atoms in total. The van der Waals surface area contributed by atoms with Crippen molar-refractivity contribution in [2.75, 3.05) is 24.3 Å². The summed E-state index contributed by atoms with van der Waals surface area (Å²) in [7, 11) is 1.53. The molecule has 0 aliphatic heterocycles. The third kappa shape index (κ3) is 4.36. The smallest absolute Gasteiger partial charge is 0.243 e. The summed E-state index contributed by atoms with van der Waals surface area (Å²) >= 11 is 6.04. The van der Waals surface area contributed by atoms with E-state index in [-0.39, 0.29) is 18.3 Å². The summed E-state index contributed by atoms with van der Waals surface area (Å²) < 4.78 is 18.7. The topological polar surface area (TPSA) is 50.4 Å². The second-order valence-electron chi connectivity index (χ2n) is 5.17. The lowest BCUT2D eigenvalue weighted by Gasteiger charge is -2.13. The van der Waals surface area contributed by atoms with Gasteiger partial charge in [-0.05, 0) is 43.2 Å². The molecular weight excluding hydrogens is 319 g/mol. The standard InChI is InChI=1S/C17H18ClFN2O2/c1-10-4-5-12(7-14(10)19)21-17(22)9-20-15-6-11(2)13(18)8-16(15)23-3/h4-8,20H,9H2,1-3H3,(H,21,22). The average Bonchev–Trinajstić information content (AvgIpc) is 2.51. The molecule has 0 aliphatic rings. The summed E-state index contributed by atoms with van der Waals surface area (Å²) in [6.07, 6.45) is 0. The van der Waals surface area contributed by atoms with E-state index < -0.39 is 0 Å². The van der Waals surface area contributed by atoms with Crippen molar-refractivity contribution < 1.29 is 13.9 Å². The van der Waals surface area contributed by atoms with Gasteiger partial charge in [0, 0.05) is 16.8 Å². The number of halogens is 2. The van der Waals surface area contributed by atoms with E-state index in [1.54, 1.807) is 31.2 Å². The molecule has 0 spiro atoms. The van der Waals surface area contributed by atoms with Gasteiger partial charge in [-0.25, -0.2) is 4.39 Å². The average molecular weight is 337 g/mol. The van der Waals surface area contributed by atoms with Gasteiger partial charge in [0.2, 0.25) is 5.91 Å². The molecule has 122 valence electrons. The molecule has 0 saturated carbocycles. The third-order valence-electron chi connectivity index (χ3n) is 3.38. The van der Waals surface area contributed by atoms with Crippen molar-refractivity contribution in [2.45, 2.75) is 13.8 Å². The Hall–Kier alpha value is -2.27. The molecule has 0 aromatic heterocycles. The molecule has 1 amide bonds. The van der Waals surface area contributed by atoms with E-state index in [0.29, 0.717) is 27.7 Å². The number of aryl methyl sites for hydroxylation is 2. The summed E-state index contributed by atoms with van der Waals surface area (Å²) in [5.74, 6) is -0.0940. The molecule has 0 saturated heterocycles. The fourth-order valence-corrected chi connectivity index (χ4v) is 2.18. The minimum absolute atomic E-state index is 0.0208. The Morgan fingerprint density at radius 3 is 2.61 bits per heavy atom. The fourth-order valence-electron chi connectivity index (χ4n) is 2.02. The zero-order valence-electron chi connectivity index (χ0n) is 13.2. The lowest BCUT2D eigenvalue weighted by molar-refractivity contribution is -0.114. The van der Waals surface area contributed by atoms with Crippen LogP contribution in [0.5, 0.6) is 5.75 Å². The maximum Gasteiger partial charge on any atom is 0.243 e. The second-order valence-corrected chi connectivity index (χ2v) is 5.57. The van der Waals surface area contributed by atoms with E-state index >= 15 is 0 Å². The van der Waals surface area contributed by atoms with Gasteiger partial charge in [0.15, 0.2) is 0 Å². The van der Waals surface area contributed by atoms with Crippen molar-refractivity contribution in [3.63, 3.8) is 0 Å². The normalized spacial score (nSPS) is 10.3. The predicted octanol–water partition coefficient (Wildman–Crippen LogP) is 4.16. The summed E-state index contributed by atoms with van der Waals surface area (Å²) in [5.41, 5.74) is 2.48. The molecule has 2 aromatic rings. The van der Waals surface area contributed by atoms with Crippen LogP contribution in [0, 0.1) is 19.7 Å². The van der Waals surface area contributed by atoms with Gasteiger partial charge in [-0.1, -0.05) is 17.7 Å². The summed E-state index contributed by atoms with van der Waals surface area (Å²) in [5, 5.41) is 6.21. The third-order valence-corrected chi connectivity index (χ3v) is 3.78. The Bertz CT molecular complexity index is 735. The lowest BCUT2D eigenvalue weighted by Crippen LogP contribution is -2.22. The van der Waals surface area contributed by atoms with Crippen LogP contribution < -0.4 is 15.4 Å². The van der Waals surface area contributed by atoms with Crippen LogP contribution in [0.15, 0.2) is 30.3 Å². The fraction of sp³-hybridized carbons (Fsp3) is 0.235. The van der Waals surface area contributed by atoms with Crippen LogP contribution >= 0.6 is 11.6 Å². The number of methoxy groups -OCH3 is 1. The maximum atomic E-state index is 13.5. The molecule has 0 fully saturated rings. The van der Waals surface area contributed by atoms with Crippen LogP contribution in [0.2, 0.25) is 5.02 Å². The number of amides is 1. The number of hydrogen-bond donors (Lipinski definition) is 2. The van der Waals surface area contributed by atoms with Gasteiger partial charge in [-0.2, -0.15) is 0 Å². The van der Waals surface area contributed by atoms with Crippen molar-refractivity contribution in [2.24, 2.45) is 0 Å². The van der Waals surface area contributed by atoms with E-state index in [2.05, 4.69) is 10.6 Å². The molecule has 6 heteroatoms. The molecular formula is C17H18ClFN2O2. The van der Waals surface area contributed by atoms with Crippen LogP contribution in [-0.4, -0.2) is 19.6 Å². The predicted molar refractivity (Wildman–Crippen MR) is 91.0 cm³/mol. The molecule has 0 unspecified atom stereocenters. The van der Waals surface area contributed by atoms with Crippen LogP contribution in [0.4, 0.5) is 15.8 Å². The number of carbonyl (C=O) groups excluding carboxylic acids is 1. The lowest BCUT2D eigenvalue weighted by atomic mass is 10.2. The first-order chi connectivity index (χ1) is 10.9. The number of benzene rings is 2. The summed E-state index contributed by atoms with van der Waals surface area (Å²) in [6.45, 7) is 3.55. The van der Waals surface area contributed by atoms with E-state index in [0.717, 1.165) is 5.56 Å². The van der Waals surface area contributed by atoms with E-state index in [4.69, 9.17) is 16.3 Å². The maximum absolute atomic E-state index is 13.5. The van der Waals surface area contributed by atoms with Crippen molar-refractivity contribution in [3.05, 3.63) is 52.3 Å². The first-order valence-corrected chi connectivity index (χ1v) is 7.42. The van der Waals surface area contributed by atoms with Crippen molar-refractivity contribution in [3.8, 4) is 5.75 Å². The van der Waals surface area contributed by atoms with Gasteiger partial charge in [0.05, 0.1) is 19.3 Å². The quantitative estimate of drug-likeness (QED) is 0.862.